The van der Waals surface area contributed by atoms with Crippen molar-refractivity contribution in [2.45, 2.75) is 59.6 Å². The summed E-state index contributed by atoms with van der Waals surface area (Å²) in [5, 5.41) is 2.80. The SMILES string of the molecule is Cc1cc(N)ccc1F.Cc1cc(NC(=O)C2CC(C)N(C(=O)OC(C)(C)C)C2)ccc1F. The molecule has 1 aliphatic heterocycles. The lowest BCUT2D eigenvalue weighted by atomic mass is 10.1. The van der Waals surface area contributed by atoms with Crippen molar-refractivity contribution in [3.05, 3.63) is 59.2 Å². The standard InChI is InChI=1S/C18H25FN2O3.C7H8FN/c1-11-8-14(6-7-15(11)19)20-16(22)13-9-12(2)21(10-13)17(23)24-18(3,4)5;1-5-4-6(9)2-3-7(5)8/h6-8,12-13H,9-10H2,1-5H3,(H,20,22);2-4H,9H2,1H3. The van der Waals surface area contributed by atoms with Crippen LogP contribution in [-0.2, 0) is 9.53 Å². The summed E-state index contributed by atoms with van der Waals surface area (Å²) >= 11 is 0. The number of carbonyl (C=O) groups excluding carboxylic acids is 2. The van der Waals surface area contributed by atoms with Crippen LogP contribution in [0.2, 0.25) is 0 Å². The number of carbonyl (C=O) groups is 2. The molecule has 0 radical (unpaired) electrons. The lowest BCUT2D eigenvalue weighted by Crippen LogP contribution is -2.39. The van der Waals surface area contributed by atoms with Crippen molar-refractivity contribution in [1.82, 2.24) is 4.90 Å². The van der Waals surface area contributed by atoms with Gasteiger partial charge in [0.2, 0.25) is 5.91 Å². The van der Waals surface area contributed by atoms with Gasteiger partial charge in [-0.2, -0.15) is 0 Å². The van der Waals surface area contributed by atoms with Gasteiger partial charge in [0.25, 0.3) is 0 Å². The molecule has 3 rings (SSSR count). The van der Waals surface area contributed by atoms with Crippen LogP contribution in [0.15, 0.2) is 36.4 Å². The number of hydrogen-bond acceptors (Lipinski definition) is 4. The third kappa shape index (κ3) is 7.73. The molecule has 8 heteroatoms. The third-order valence-corrected chi connectivity index (χ3v) is 5.18. The normalized spacial score (nSPS) is 17.8. The third-order valence-electron chi connectivity index (χ3n) is 5.18. The summed E-state index contributed by atoms with van der Waals surface area (Å²) in [5.74, 6) is -0.986. The molecule has 0 bridgehead atoms. The predicted octanol–water partition coefficient (Wildman–Crippen LogP) is 5.43. The van der Waals surface area contributed by atoms with E-state index < -0.39 is 11.7 Å². The second-order valence-electron chi connectivity index (χ2n) is 9.38. The van der Waals surface area contributed by atoms with Crippen LogP contribution in [0.4, 0.5) is 25.0 Å². The first kappa shape index (κ1) is 26.1. The molecule has 0 aromatic heterocycles. The molecule has 2 aromatic rings. The molecule has 1 saturated heterocycles. The summed E-state index contributed by atoms with van der Waals surface area (Å²) in [6.07, 6.45) is 0.175. The van der Waals surface area contributed by atoms with Crippen LogP contribution in [0, 0.1) is 31.4 Å². The van der Waals surface area contributed by atoms with Crippen LogP contribution in [0.3, 0.4) is 0 Å². The van der Waals surface area contributed by atoms with Crippen LogP contribution in [0.5, 0.6) is 0 Å². The number of hydrogen-bond donors (Lipinski definition) is 2. The number of nitrogens with one attached hydrogen (secondary N) is 1. The summed E-state index contributed by atoms with van der Waals surface area (Å²) in [5.41, 5.74) is 7.02. The number of ether oxygens (including phenoxy) is 1. The fourth-order valence-electron chi connectivity index (χ4n) is 3.43. The molecule has 0 saturated carbocycles. The molecule has 33 heavy (non-hydrogen) atoms. The number of rotatable bonds is 2. The Morgan fingerprint density at radius 3 is 2.15 bits per heavy atom. The lowest BCUT2D eigenvalue weighted by molar-refractivity contribution is -0.119. The Morgan fingerprint density at radius 1 is 1.06 bits per heavy atom. The quantitative estimate of drug-likeness (QED) is 0.584. The van der Waals surface area contributed by atoms with Gasteiger partial charge in [0.1, 0.15) is 17.2 Å². The van der Waals surface area contributed by atoms with Gasteiger partial charge in [0.15, 0.2) is 0 Å². The minimum absolute atomic E-state index is 0.0643. The number of halogens is 2. The Morgan fingerprint density at radius 2 is 1.64 bits per heavy atom. The zero-order valence-electron chi connectivity index (χ0n) is 20.0. The highest BCUT2D eigenvalue weighted by Gasteiger charge is 2.38. The number of aryl methyl sites for hydroxylation is 2. The molecule has 1 aliphatic rings. The van der Waals surface area contributed by atoms with E-state index in [-0.39, 0.29) is 29.5 Å². The lowest BCUT2D eigenvalue weighted by Gasteiger charge is -2.26. The van der Waals surface area contributed by atoms with Crippen LogP contribution in [0.25, 0.3) is 0 Å². The number of nitrogens with zero attached hydrogens (tertiary/aromatic N) is 1. The topological polar surface area (TPSA) is 84.7 Å². The van der Waals surface area contributed by atoms with Crippen molar-refractivity contribution in [1.29, 1.82) is 0 Å². The van der Waals surface area contributed by atoms with Crippen LogP contribution in [0.1, 0.15) is 45.2 Å². The second kappa shape index (κ2) is 10.6. The van der Waals surface area contributed by atoms with E-state index >= 15 is 0 Å². The minimum atomic E-state index is -0.567. The largest absolute Gasteiger partial charge is 0.444 e. The maximum Gasteiger partial charge on any atom is 0.410 e. The molecule has 2 atom stereocenters. The van der Waals surface area contributed by atoms with Gasteiger partial charge >= 0.3 is 6.09 Å². The average molecular weight is 462 g/mol. The Bertz CT molecular complexity index is 1000. The Hall–Kier alpha value is -3.16. The van der Waals surface area contributed by atoms with Crippen molar-refractivity contribution in [3.8, 4) is 0 Å². The van der Waals surface area contributed by atoms with Crippen LogP contribution >= 0.6 is 0 Å². The summed E-state index contributed by atoms with van der Waals surface area (Å²) in [7, 11) is 0. The van der Waals surface area contributed by atoms with E-state index in [1.807, 2.05) is 27.7 Å². The number of likely N-dealkylation sites (tertiary alicyclic amines) is 1. The summed E-state index contributed by atoms with van der Waals surface area (Å²) in [4.78, 5) is 26.2. The molecular weight excluding hydrogens is 428 g/mol. The van der Waals surface area contributed by atoms with E-state index in [1.54, 1.807) is 36.9 Å². The van der Waals surface area contributed by atoms with Crippen LogP contribution in [-0.4, -0.2) is 35.1 Å². The first-order valence-corrected chi connectivity index (χ1v) is 10.8. The van der Waals surface area contributed by atoms with Crippen molar-refractivity contribution in [2.24, 2.45) is 5.92 Å². The summed E-state index contributed by atoms with van der Waals surface area (Å²) in [6.45, 7) is 11.0. The van der Waals surface area contributed by atoms with E-state index in [1.165, 1.54) is 18.2 Å². The zero-order valence-corrected chi connectivity index (χ0v) is 20.0. The minimum Gasteiger partial charge on any atom is -0.444 e. The first-order valence-electron chi connectivity index (χ1n) is 10.8. The van der Waals surface area contributed by atoms with Gasteiger partial charge < -0.3 is 20.7 Å². The second-order valence-corrected chi connectivity index (χ2v) is 9.38. The van der Waals surface area contributed by atoms with Gasteiger partial charge in [0.05, 0.1) is 5.92 Å². The van der Waals surface area contributed by atoms with E-state index in [9.17, 15) is 18.4 Å². The molecule has 2 amide bonds. The average Bonchev–Trinajstić information content (AvgIpc) is 3.09. The molecule has 6 nitrogen and oxygen atoms in total. The summed E-state index contributed by atoms with van der Waals surface area (Å²) in [6, 6.07) is 8.91. The molecule has 2 unspecified atom stereocenters. The number of nitrogen functional groups attached to an aromatic ring is 1. The summed E-state index contributed by atoms with van der Waals surface area (Å²) < 4.78 is 31.1. The zero-order chi connectivity index (χ0) is 24.9. The molecule has 1 heterocycles. The van der Waals surface area contributed by atoms with E-state index in [0.717, 1.165) is 0 Å². The fraction of sp³-hybridized carbons (Fsp3) is 0.440. The Kier molecular flexibility index (Phi) is 8.41. The van der Waals surface area contributed by atoms with Crippen molar-refractivity contribution >= 4 is 23.4 Å². The number of amides is 2. The first-order chi connectivity index (χ1) is 15.3. The smallest absolute Gasteiger partial charge is 0.410 e. The van der Waals surface area contributed by atoms with E-state index in [2.05, 4.69) is 5.32 Å². The van der Waals surface area contributed by atoms with Crippen molar-refractivity contribution in [2.75, 3.05) is 17.6 Å². The fourth-order valence-corrected chi connectivity index (χ4v) is 3.43. The molecule has 2 aromatic carbocycles. The molecule has 3 N–H and O–H groups in total. The highest BCUT2D eigenvalue weighted by molar-refractivity contribution is 5.93. The van der Waals surface area contributed by atoms with Gasteiger partial charge in [-0.05, 0) is 95.5 Å². The number of anilines is 2. The highest BCUT2D eigenvalue weighted by Crippen LogP contribution is 2.26. The number of benzene rings is 2. The van der Waals surface area contributed by atoms with Crippen molar-refractivity contribution < 1.29 is 23.1 Å². The molecule has 180 valence electrons. The highest BCUT2D eigenvalue weighted by atomic mass is 19.1. The van der Waals surface area contributed by atoms with Gasteiger partial charge in [-0.25, -0.2) is 13.6 Å². The predicted molar refractivity (Wildman–Crippen MR) is 126 cm³/mol. The van der Waals surface area contributed by atoms with E-state index in [4.69, 9.17) is 10.5 Å². The molecule has 0 aliphatic carbocycles. The molecular formula is C25H33F2N3O3. The number of nitrogens with two attached hydrogens (primary N) is 1. The maximum atomic E-state index is 13.3. The maximum absolute atomic E-state index is 13.3. The van der Waals surface area contributed by atoms with Crippen LogP contribution < -0.4 is 11.1 Å². The molecule has 1 fully saturated rings. The Balaban J connectivity index is 0.000000357. The van der Waals surface area contributed by atoms with Gasteiger partial charge in [-0.1, -0.05) is 0 Å². The van der Waals surface area contributed by atoms with E-state index in [0.29, 0.717) is 35.5 Å². The van der Waals surface area contributed by atoms with Crippen molar-refractivity contribution in [3.63, 3.8) is 0 Å². The van der Waals surface area contributed by atoms with Gasteiger partial charge in [0, 0.05) is 24.0 Å². The Labute approximate surface area is 194 Å². The van der Waals surface area contributed by atoms with Gasteiger partial charge in [-0.3, -0.25) is 4.79 Å². The molecule has 0 spiro atoms. The monoisotopic (exact) mass is 461 g/mol. The van der Waals surface area contributed by atoms with Gasteiger partial charge in [-0.15, -0.1) is 0 Å².